The van der Waals surface area contributed by atoms with Crippen LogP contribution in [0, 0.1) is 0 Å². The zero-order chi connectivity index (χ0) is 21.4. The minimum atomic E-state index is -4.98. The summed E-state index contributed by atoms with van der Waals surface area (Å²) < 4.78 is 40.0. The summed E-state index contributed by atoms with van der Waals surface area (Å²) in [5.41, 5.74) is -8.28. The van der Waals surface area contributed by atoms with Crippen LogP contribution in [0.25, 0.3) is 11.1 Å². The standard InChI is InChI=1S/C17H9F3O8/c18-17(19,20)9-4-2-1-3-6(9)7-5-8(13(21)22)11(15(25)26)12(16(27)28)10(7)14(23)24/h1-5H,(H,21,22)(H,23,24)(H,25,26)(H,27,28). The van der Waals surface area contributed by atoms with Gasteiger partial charge in [-0.3, -0.25) is 0 Å². The number of hydrogen-bond acceptors (Lipinski definition) is 4. The van der Waals surface area contributed by atoms with E-state index in [1.165, 1.54) is 0 Å². The van der Waals surface area contributed by atoms with Gasteiger partial charge >= 0.3 is 30.1 Å². The Morgan fingerprint density at radius 2 is 1.18 bits per heavy atom. The molecule has 28 heavy (non-hydrogen) atoms. The largest absolute Gasteiger partial charge is 0.478 e. The molecular weight excluding hydrogens is 389 g/mol. The quantitative estimate of drug-likeness (QED) is 0.600. The summed E-state index contributed by atoms with van der Waals surface area (Å²) in [7, 11) is 0. The second-order valence-corrected chi connectivity index (χ2v) is 5.36. The molecule has 0 unspecified atom stereocenters. The van der Waals surface area contributed by atoms with E-state index in [9.17, 15) is 52.8 Å². The van der Waals surface area contributed by atoms with E-state index in [0.717, 1.165) is 18.2 Å². The number of hydrogen-bond donors (Lipinski definition) is 4. The summed E-state index contributed by atoms with van der Waals surface area (Å²) in [6, 6.07) is 3.91. The van der Waals surface area contributed by atoms with Crippen molar-refractivity contribution >= 4 is 23.9 Å². The molecule has 0 aliphatic heterocycles. The van der Waals surface area contributed by atoms with Crippen LogP contribution in [0.5, 0.6) is 0 Å². The molecule has 0 saturated heterocycles. The molecule has 146 valence electrons. The van der Waals surface area contributed by atoms with Crippen LogP contribution >= 0.6 is 0 Å². The molecule has 0 spiro atoms. The van der Waals surface area contributed by atoms with E-state index in [0.29, 0.717) is 12.1 Å². The highest BCUT2D eigenvalue weighted by atomic mass is 19.4. The van der Waals surface area contributed by atoms with Gasteiger partial charge in [0.25, 0.3) is 0 Å². The van der Waals surface area contributed by atoms with Gasteiger partial charge in [-0.2, -0.15) is 13.2 Å². The van der Waals surface area contributed by atoms with Gasteiger partial charge < -0.3 is 20.4 Å². The fourth-order valence-electron chi connectivity index (χ4n) is 2.69. The fourth-order valence-corrected chi connectivity index (χ4v) is 2.69. The molecule has 0 radical (unpaired) electrons. The molecule has 2 aromatic rings. The van der Waals surface area contributed by atoms with Crippen molar-refractivity contribution in [2.45, 2.75) is 6.18 Å². The summed E-state index contributed by atoms with van der Waals surface area (Å²) in [6.45, 7) is 0. The fraction of sp³-hybridized carbons (Fsp3) is 0.0588. The first-order chi connectivity index (χ1) is 12.9. The van der Waals surface area contributed by atoms with Crippen molar-refractivity contribution in [3.63, 3.8) is 0 Å². The van der Waals surface area contributed by atoms with Crippen molar-refractivity contribution in [3.05, 3.63) is 58.1 Å². The van der Waals surface area contributed by atoms with Gasteiger partial charge in [0.2, 0.25) is 0 Å². The summed E-state index contributed by atoms with van der Waals surface area (Å²) in [5.74, 6) is -8.18. The first-order valence-corrected chi connectivity index (χ1v) is 7.18. The average Bonchev–Trinajstić information content (AvgIpc) is 2.58. The van der Waals surface area contributed by atoms with Crippen LogP contribution in [0.1, 0.15) is 47.0 Å². The Hall–Kier alpha value is -3.89. The third kappa shape index (κ3) is 3.49. The van der Waals surface area contributed by atoms with E-state index in [4.69, 9.17) is 0 Å². The SMILES string of the molecule is O=C(O)c1cc(-c2ccccc2C(F)(F)F)c(C(=O)O)c(C(=O)O)c1C(=O)O. The van der Waals surface area contributed by atoms with Gasteiger partial charge in [-0.15, -0.1) is 0 Å². The van der Waals surface area contributed by atoms with Gasteiger partial charge in [-0.1, -0.05) is 18.2 Å². The first kappa shape index (κ1) is 20.4. The normalized spacial score (nSPS) is 11.1. The van der Waals surface area contributed by atoms with Crippen molar-refractivity contribution in [2.75, 3.05) is 0 Å². The van der Waals surface area contributed by atoms with Gasteiger partial charge in [0.05, 0.1) is 27.8 Å². The molecule has 0 saturated carbocycles. The zero-order valence-electron chi connectivity index (χ0n) is 13.4. The molecule has 8 nitrogen and oxygen atoms in total. The van der Waals surface area contributed by atoms with E-state index in [1.807, 2.05) is 0 Å². The molecule has 0 aliphatic carbocycles. The van der Waals surface area contributed by atoms with Crippen molar-refractivity contribution in [2.24, 2.45) is 0 Å². The van der Waals surface area contributed by atoms with E-state index in [-0.39, 0.29) is 0 Å². The number of rotatable bonds is 5. The van der Waals surface area contributed by atoms with Gasteiger partial charge in [0, 0.05) is 0 Å². The highest BCUT2D eigenvalue weighted by molar-refractivity contribution is 6.16. The molecule has 0 fully saturated rings. The van der Waals surface area contributed by atoms with E-state index in [2.05, 4.69) is 0 Å². The molecule has 2 aromatic carbocycles. The van der Waals surface area contributed by atoms with Crippen LogP contribution in [0.3, 0.4) is 0 Å². The lowest BCUT2D eigenvalue weighted by Gasteiger charge is -2.18. The van der Waals surface area contributed by atoms with E-state index in [1.54, 1.807) is 0 Å². The molecule has 0 aromatic heterocycles. The maximum absolute atomic E-state index is 13.3. The molecule has 0 heterocycles. The lowest BCUT2D eigenvalue weighted by atomic mass is 9.86. The summed E-state index contributed by atoms with van der Waals surface area (Å²) >= 11 is 0. The van der Waals surface area contributed by atoms with Crippen LogP contribution in [-0.2, 0) is 6.18 Å². The topological polar surface area (TPSA) is 149 Å². The predicted molar refractivity (Wildman–Crippen MR) is 84.7 cm³/mol. The minimum Gasteiger partial charge on any atom is -0.478 e. The lowest BCUT2D eigenvalue weighted by molar-refractivity contribution is -0.137. The monoisotopic (exact) mass is 398 g/mol. The predicted octanol–water partition coefficient (Wildman–Crippen LogP) is 3.17. The molecule has 11 heteroatoms. The third-order valence-corrected chi connectivity index (χ3v) is 3.72. The molecule has 0 amide bonds. The summed E-state index contributed by atoms with van der Waals surface area (Å²) in [6.07, 6.45) is -4.98. The average molecular weight is 398 g/mol. The molecule has 4 N–H and O–H groups in total. The van der Waals surface area contributed by atoms with Gasteiger partial charge in [0.1, 0.15) is 0 Å². The number of carbonyl (C=O) groups is 4. The number of carboxylic acids is 4. The van der Waals surface area contributed by atoms with Gasteiger partial charge in [0.15, 0.2) is 0 Å². The number of alkyl halides is 3. The Morgan fingerprint density at radius 3 is 1.61 bits per heavy atom. The molecule has 0 bridgehead atoms. The van der Waals surface area contributed by atoms with E-state index < -0.39 is 69.0 Å². The smallest absolute Gasteiger partial charge is 0.417 e. The molecular formula is C17H9F3O8. The van der Waals surface area contributed by atoms with Crippen molar-refractivity contribution < 1.29 is 52.8 Å². The lowest BCUT2D eigenvalue weighted by Crippen LogP contribution is -2.21. The minimum absolute atomic E-state index is 0.409. The molecule has 0 aliphatic rings. The molecule has 0 atom stereocenters. The summed E-state index contributed by atoms with van der Waals surface area (Å²) in [5, 5.41) is 37.1. The number of aromatic carboxylic acids is 4. The van der Waals surface area contributed by atoms with Crippen LogP contribution in [0.4, 0.5) is 13.2 Å². The van der Waals surface area contributed by atoms with Crippen LogP contribution < -0.4 is 0 Å². The van der Waals surface area contributed by atoms with Crippen LogP contribution in [-0.4, -0.2) is 44.3 Å². The number of benzene rings is 2. The van der Waals surface area contributed by atoms with Gasteiger partial charge in [-0.25, -0.2) is 19.2 Å². The highest BCUT2D eigenvalue weighted by Gasteiger charge is 2.37. The number of carboxylic acid groups (broad SMARTS) is 4. The number of halogens is 3. The molecule has 2 rings (SSSR count). The van der Waals surface area contributed by atoms with Crippen molar-refractivity contribution in [3.8, 4) is 11.1 Å². The highest BCUT2D eigenvalue weighted by Crippen LogP contribution is 2.40. The Bertz CT molecular complexity index is 1020. The Morgan fingerprint density at radius 1 is 0.679 bits per heavy atom. The Balaban J connectivity index is 3.15. The van der Waals surface area contributed by atoms with Crippen molar-refractivity contribution in [1.29, 1.82) is 0 Å². The van der Waals surface area contributed by atoms with Crippen LogP contribution in [0.2, 0.25) is 0 Å². The Kier molecular flexibility index (Phi) is 5.12. The maximum atomic E-state index is 13.3. The Labute approximate surface area is 153 Å². The van der Waals surface area contributed by atoms with E-state index >= 15 is 0 Å². The van der Waals surface area contributed by atoms with Crippen LogP contribution in [0.15, 0.2) is 30.3 Å². The second kappa shape index (κ2) is 7.02. The maximum Gasteiger partial charge on any atom is 0.417 e. The zero-order valence-corrected chi connectivity index (χ0v) is 13.4. The summed E-state index contributed by atoms with van der Waals surface area (Å²) in [4.78, 5) is 46.0. The third-order valence-electron chi connectivity index (χ3n) is 3.72. The van der Waals surface area contributed by atoms with Crippen molar-refractivity contribution in [1.82, 2.24) is 0 Å². The second-order valence-electron chi connectivity index (χ2n) is 5.36. The van der Waals surface area contributed by atoms with Gasteiger partial charge in [-0.05, 0) is 23.3 Å². The first-order valence-electron chi connectivity index (χ1n) is 7.18.